The average Bonchev–Trinajstić information content (AvgIpc) is 3.19. The van der Waals surface area contributed by atoms with Crippen molar-refractivity contribution in [2.75, 3.05) is 4.90 Å². The number of alkyl halides is 2. The van der Waals surface area contributed by atoms with Gasteiger partial charge < -0.3 is 0 Å². The third kappa shape index (κ3) is 1.83. The first-order valence-electron chi connectivity index (χ1n) is 8.22. The van der Waals surface area contributed by atoms with E-state index < -0.39 is 0 Å². The van der Waals surface area contributed by atoms with E-state index in [0.717, 1.165) is 17.2 Å². The monoisotopic (exact) mass is 447 g/mol. The Hall–Kier alpha value is -1.20. The average molecular weight is 449 g/mol. The molecule has 0 spiro atoms. The maximum atomic E-state index is 13.0. The molecule has 0 unspecified atom stereocenters. The lowest BCUT2D eigenvalue weighted by Gasteiger charge is -2.28. The van der Waals surface area contributed by atoms with Gasteiger partial charge in [-0.3, -0.25) is 14.5 Å². The van der Waals surface area contributed by atoms with Gasteiger partial charge in [0.15, 0.2) is 0 Å². The van der Waals surface area contributed by atoms with E-state index in [2.05, 4.69) is 31.9 Å². The first kappa shape index (κ1) is 15.1. The van der Waals surface area contributed by atoms with Crippen LogP contribution in [0.15, 0.2) is 42.5 Å². The largest absolute Gasteiger partial charge is 0.274 e. The molecule has 2 aromatic carbocycles. The fourth-order valence-electron chi connectivity index (χ4n) is 4.92. The molecular formula is C19H15Br2NO2. The van der Waals surface area contributed by atoms with Crippen molar-refractivity contribution in [3.8, 4) is 0 Å². The van der Waals surface area contributed by atoms with E-state index in [1.807, 2.05) is 42.5 Å². The number of anilines is 1. The molecule has 3 fully saturated rings. The second-order valence-corrected chi connectivity index (χ2v) is 9.16. The van der Waals surface area contributed by atoms with E-state index in [-0.39, 0.29) is 45.1 Å². The van der Waals surface area contributed by atoms with Gasteiger partial charge in [0.1, 0.15) is 0 Å². The lowest BCUT2D eigenvalue weighted by molar-refractivity contribution is -0.123. The molecule has 24 heavy (non-hydrogen) atoms. The zero-order valence-corrected chi connectivity index (χ0v) is 15.9. The molecule has 2 bridgehead atoms. The van der Waals surface area contributed by atoms with Gasteiger partial charge in [-0.05, 0) is 41.2 Å². The molecule has 2 aromatic rings. The van der Waals surface area contributed by atoms with Crippen LogP contribution in [0.3, 0.4) is 0 Å². The summed E-state index contributed by atoms with van der Waals surface area (Å²) in [5.74, 6) is 0.158. The minimum absolute atomic E-state index is 0.0170. The van der Waals surface area contributed by atoms with Crippen LogP contribution in [0.4, 0.5) is 5.69 Å². The van der Waals surface area contributed by atoms with E-state index in [1.165, 1.54) is 4.90 Å². The molecule has 1 heterocycles. The van der Waals surface area contributed by atoms with Crippen molar-refractivity contribution in [1.82, 2.24) is 0 Å². The summed E-state index contributed by atoms with van der Waals surface area (Å²) in [6, 6.07) is 13.8. The van der Waals surface area contributed by atoms with Gasteiger partial charge in [0, 0.05) is 9.65 Å². The molecule has 6 atom stereocenters. The Balaban J connectivity index is 1.57. The van der Waals surface area contributed by atoms with E-state index in [0.29, 0.717) is 5.69 Å². The highest BCUT2D eigenvalue weighted by Crippen LogP contribution is 2.60. The summed E-state index contributed by atoms with van der Waals surface area (Å²) in [6.07, 6.45) is 0.963. The van der Waals surface area contributed by atoms with Crippen molar-refractivity contribution in [2.24, 2.45) is 23.7 Å². The van der Waals surface area contributed by atoms with E-state index in [1.54, 1.807) is 0 Å². The van der Waals surface area contributed by atoms with Crippen LogP contribution in [0.2, 0.25) is 0 Å². The number of nitrogens with zero attached hydrogens (tertiary/aromatic N) is 1. The molecule has 0 N–H and O–H groups in total. The fourth-order valence-corrected chi connectivity index (χ4v) is 6.79. The second-order valence-electron chi connectivity index (χ2n) is 7.05. The molecule has 122 valence electrons. The van der Waals surface area contributed by atoms with Crippen LogP contribution < -0.4 is 4.90 Å². The van der Waals surface area contributed by atoms with Crippen LogP contribution in [0.5, 0.6) is 0 Å². The Morgan fingerprint density at radius 1 is 0.833 bits per heavy atom. The molecule has 5 heteroatoms. The standard InChI is InChI=1S/C19H15Br2NO2/c20-16-12-8-13(17(16)21)15-14(12)18(23)22(19(15)24)11-6-5-9-3-1-2-4-10(9)7-11/h1-7,12-17H,8H2/t12-,13-,14-,15-,16-,17+/m0/s1. The highest BCUT2D eigenvalue weighted by molar-refractivity contribution is 9.12. The van der Waals surface area contributed by atoms with Crippen LogP contribution in [0, 0.1) is 23.7 Å². The molecule has 3 nitrogen and oxygen atoms in total. The zero-order chi connectivity index (χ0) is 16.6. The molecule has 2 amide bonds. The van der Waals surface area contributed by atoms with Gasteiger partial charge in [-0.2, -0.15) is 0 Å². The van der Waals surface area contributed by atoms with E-state index in [9.17, 15) is 9.59 Å². The normalized spacial score (nSPS) is 37.5. The van der Waals surface area contributed by atoms with Crippen molar-refractivity contribution in [1.29, 1.82) is 0 Å². The zero-order valence-electron chi connectivity index (χ0n) is 12.7. The summed E-state index contributed by atoms with van der Waals surface area (Å²) in [7, 11) is 0. The summed E-state index contributed by atoms with van der Waals surface area (Å²) < 4.78 is 0. The van der Waals surface area contributed by atoms with Gasteiger partial charge in [0.05, 0.1) is 17.5 Å². The summed E-state index contributed by atoms with van der Waals surface area (Å²) in [4.78, 5) is 28.1. The highest BCUT2D eigenvalue weighted by Gasteiger charge is 2.66. The maximum absolute atomic E-state index is 13.0. The van der Waals surface area contributed by atoms with E-state index >= 15 is 0 Å². The molecule has 0 radical (unpaired) electrons. The SMILES string of the molecule is O=C1[C@H]2[C@@H]3C[C@H]([C@@H](Br)[C@H]3Br)[C@@H]2C(=O)N1c1ccc2ccccc2c1. The molecule has 2 saturated carbocycles. The first-order valence-corrected chi connectivity index (χ1v) is 10.1. The smallest absolute Gasteiger partial charge is 0.238 e. The van der Waals surface area contributed by atoms with Gasteiger partial charge in [-0.1, -0.05) is 62.2 Å². The number of hydrogen-bond donors (Lipinski definition) is 0. The maximum Gasteiger partial charge on any atom is 0.238 e. The van der Waals surface area contributed by atoms with Crippen LogP contribution in [-0.2, 0) is 9.59 Å². The summed E-state index contributed by atoms with van der Waals surface area (Å²) >= 11 is 7.45. The molecule has 2 aliphatic carbocycles. The number of benzene rings is 2. The van der Waals surface area contributed by atoms with Crippen molar-refractivity contribution >= 4 is 60.1 Å². The Bertz CT molecular complexity index is 851. The van der Waals surface area contributed by atoms with Crippen LogP contribution >= 0.6 is 31.9 Å². The van der Waals surface area contributed by atoms with Crippen LogP contribution in [0.1, 0.15) is 6.42 Å². The lowest BCUT2D eigenvalue weighted by atomic mass is 9.81. The highest BCUT2D eigenvalue weighted by atomic mass is 79.9. The Morgan fingerprint density at radius 2 is 1.42 bits per heavy atom. The van der Waals surface area contributed by atoms with E-state index in [4.69, 9.17) is 0 Å². The molecule has 1 aliphatic heterocycles. The third-order valence-corrected chi connectivity index (χ3v) is 9.18. The van der Waals surface area contributed by atoms with Crippen LogP contribution in [-0.4, -0.2) is 21.5 Å². The summed E-state index contributed by atoms with van der Waals surface area (Å²) in [5, 5.41) is 2.16. The van der Waals surface area contributed by atoms with Gasteiger partial charge in [-0.15, -0.1) is 0 Å². The Labute approximate surface area is 156 Å². The number of fused-ring (bicyclic) bond motifs is 6. The number of rotatable bonds is 1. The van der Waals surface area contributed by atoms with Crippen LogP contribution in [0.25, 0.3) is 10.8 Å². The summed E-state index contributed by atoms with van der Waals surface area (Å²) in [6.45, 7) is 0. The van der Waals surface area contributed by atoms with Gasteiger partial charge in [-0.25, -0.2) is 0 Å². The number of carbonyl (C=O) groups excluding carboxylic acids is 2. The molecule has 1 saturated heterocycles. The fraction of sp³-hybridized carbons (Fsp3) is 0.368. The number of imide groups is 1. The van der Waals surface area contributed by atoms with Crippen molar-refractivity contribution in [3.63, 3.8) is 0 Å². The second kappa shape index (κ2) is 5.15. The third-order valence-electron chi connectivity index (χ3n) is 5.98. The van der Waals surface area contributed by atoms with Crippen molar-refractivity contribution in [2.45, 2.75) is 16.1 Å². The predicted octanol–water partition coefficient (Wildman–Crippen LogP) is 4.12. The minimum Gasteiger partial charge on any atom is -0.274 e. The van der Waals surface area contributed by atoms with Gasteiger partial charge >= 0.3 is 0 Å². The summed E-state index contributed by atoms with van der Waals surface area (Å²) in [5.41, 5.74) is 0.703. The minimum atomic E-state index is -0.160. The van der Waals surface area contributed by atoms with Gasteiger partial charge in [0.25, 0.3) is 0 Å². The first-order chi connectivity index (χ1) is 11.6. The van der Waals surface area contributed by atoms with Crippen molar-refractivity contribution < 1.29 is 9.59 Å². The number of carbonyl (C=O) groups is 2. The topological polar surface area (TPSA) is 37.4 Å². The van der Waals surface area contributed by atoms with Gasteiger partial charge in [0.2, 0.25) is 11.8 Å². The number of hydrogen-bond acceptors (Lipinski definition) is 2. The lowest BCUT2D eigenvalue weighted by Crippen LogP contribution is -2.37. The Morgan fingerprint density at radius 3 is 2.04 bits per heavy atom. The number of halogens is 2. The molecule has 5 rings (SSSR count). The molecular weight excluding hydrogens is 434 g/mol. The molecule has 3 aliphatic rings. The number of amides is 2. The Kier molecular flexibility index (Phi) is 3.24. The quantitative estimate of drug-likeness (QED) is 0.486. The predicted molar refractivity (Wildman–Crippen MR) is 100 cm³/mol. The molecule has 0 aromatic heterocycles. The van der Waals surface area contributed by atoms with Crippen molar-refractivity contribution in [3.05, 3.63) is 42.5 Å².